The molecule has 1 unspecified atom stereocenters. The summed E-state index contributed by atoms with van der Waals surface area (Å²) in [6.07, 6.45) is -0.255. The topological polar surface area (TPSA) is 110 Å². The number of hydrogen-bond acceptors (Lipinski definition) is 7. The van der Waals surface area contributed by atoms with E-state index in [0.29, 0.717) is 16.8 Å². The van der Waals surface area contributed by atoms with Gasteiger partial charge in [-0.15, -0.1) is 13.2 Å². The van der Waals surface area contributed by atoms with Crippen LogP contribution in [0.25, 0.3) is 16.7 Å². The SMILES string of the molecule is CC(c1nc2ncccc2c(=O)n1-c1ccc(O)cc1)N(Cc1cccnc1)C(=O)Cc1ccc(OC(F)(F)F)cc1. The minimum atomic E-state index is -4.83. The van der Waals surface area contributed by atoms with Crippen LogP contribution in [0.15, 0.2) is 96.2 Å². The van der Waals surface area contributed by atoms with E-state index in [4.69, 9.17) is 0 Å². The number of ether oxygens (including phenoxy) is 1. The number of hydrogen-bond donors (Lipinski definition) is 1. The van der Waals surface area contributed by atoms with Crippen LogP contribution in [0.3, 0.4) is 0 Å². The summed E-state index contributed by atoms with van der Waals surface area (Å²) >= 11 is 0. The molecule has 3 aromatic heterocycles. The van der Waals surface area contributed by atoms with E-state index in [-0.39, 0.29) is 41.5 Å². The molecule has 0 aliphatic heterocycles. The quantitative estimate of drug-likeness (QED) is 0.274. The number of aromatic hydroxyl groups is 1. The highest BCUT2D eigenvalue weighted by molar-refractivity contribution is 5.79. The lowest BCUT2D eigenvalue weighted by Crippen LogP contribution is -2.38. The molecule has 5 rings (SSSR count). The lowest BCUT2D eigenvalue weighted by atomic mass is 10.1. The molecule has 0 spiro atoms. The van der Waals surface area contributed by atoms with E-state index in [1.165, 1.54) is 39.9 Å². The third-order valence-electron chi connectivity index (χ3n) is 6.53. The van der Waals surface area contributed by atoms with Crippen molar-refractivity contribution >= 4 is 16.9 Å². The van der Waals surface area contributed by atoms with Crippen LogP contribution in [0, 0.1) is 0 Å². The second kappa shape index (κ2) is 11.7. The van der Waals surface area contributed by atoms with Crippen molar-refractivity contribution in [1.82, 2.24) is 24.4 Å². The molecule has 1 N–H and O–H groups in total. The van der Waals surface area contributed by atoms with Gasteiger partial charge in [-0.25, -0.2) is 9.97 Å². The second-order valence-corrected chi connectivity index (χ2v) is 9.43. The van der Waals surface area contributed by atoms with Gasteiger partial charge < -0.3 is 14.7 Å². The minimum Gasteiger partial charge on any atom is -0.508 e. The Bertz CT molecular complexity index is 1760. The van der Waals surface area contributed by atoms with Gasteiger partial charge in [0.1, 0.15) is 17.3 Å². The number of rotatable bonds is 8. The fourth-order valence-electron chi connectivity index (χ4n) is 4.52. The molecule has 9 nitrogen and oxygen atoms in total. The van der Waals surface area contributed by atoms with Crippen LogP contribution >= 0.6 is 0 Å². The van der Waals surface area contributed by atoms with Gasteiger partial charge in [0, 0.05) is 25.1 Å². The van der Waals surface area contributed by atoms with Crippen LogP contribution in [0.5, 0.6) is 11.5 Å². The first kappa shape index (κ1) is 28.3. The highest BCUT2D eigenvalue weighted by Crippen LogP contribution is 2.27. The van der Waals surface area contributed by atoms with Gasteiger partial charge >= 0.3 is 6.36 Å². The van der Waals surface area contributed by atoms with Crippen molar-refractivity contribution in [2.24, 2.45) is 0 Å². The molecule has 214 valence electrons. The number of halogens is 3. The van der Waals surface area contributed by atoms with Crippen molar-refractivity contribution in [3.63, 3.8) is 0 Å². The number of amides is 1. The van der Waals surface area contributed by atoms with Crippen molar-refractivity contribution in [3.8, 4) is 17.2 Å². The van der Waals surface area contributed by atoms with Gasteiger partial charge in [-0.3, -0.25) is 19.1 Å². The monoisotopic (exact) mass is 575 g/mol. The summed E-state index contributed by atoms with van der Waals surface area (Å²) in [6, 6.07) is 17.0. The number of carbonyl (C=O) groups excluding carboxylic acids is 1. The molecular formula is C30H24F3N5O4. The molecule has 0 aliphatic carbocycles. The predicted molar refractivity (Wildman–Crippen MR) is 147 cm³/mol. The number of fused-ring (bicyclic) bond motifs is 1. The zero-order valence-electron chi connectivity index (χ0n) is 22.2. The number of benzene rings is 2. The minimum absolute atomic E-state index is 0.0110. The smallest absolute Gasteiger partial charge is 0.508 e. The zero-order chi connectivity index (χ0) is 29.9. The molecule has 0 aliphatic rings. The maximum atomic E-state index is 13.8. The van der Waals surface area contributed by atoms with Gasteiger partial charge in [-0.1, -0.05) is 18.2 Å². The van der Waals surface area contributed by atoms with Crippen molar-refractivity contribution in [2.75, 3.05) is 0 Å². The normalized spacial score (nSPS) is 12.2. The number of aromatic nitrogens is 4. The molecule has 0 saturated heterocycles. The average molecular weight is 576 g/mol. The fourth-order valence-corrected chi connectivity index (χ4v) is 4.52. The lowest BCUT2D eigenvalue weighted by molar-refractivity contribution is -0.274. The molecule has 0 bridgehead atoms. The lowest BCUT2D eigenvalue weighted by Gasteiger charge is -2.30. The standard InChI is InChI=1S/C30H24F3N5O4/c1-19(28-36-27-25(5-3-15-35-27)29(41)38(28)22-8-10-23(39)11-9-22)37(18-21-4-2-14-34-17-21)26(40)16-20-6-12-24(13-7-20)42-30(31,32)33/h2-15,17,19,39H,16,18H2,1H3. The molecule has 42 heavy (non-hydrogen) atoms. The summed E-state index contributed by atoms with van der Waals surface area (Å²) in [6.45, 7) is 1.83. The van der Waals surface area contributed by atoms with Crippen LogP contribution in [0.1, 0.15) is 29.9 Å². The number of phenolic OH excluding ortho intramolecular Hbond substituents is 1. The maximum Gasteiger partial charge on any atom is 0.573 e. The molecule has 1 amide bonds. The Morgan fingerprint density at radius 1 is 1.00 bits per heavy atom. The van der Waals surface area contributed by atoms with Gasteiger partial charge in [-0.2, -0.15) is 0 Å². The average Bonchev–Trinajstić information content (AvgIpc) is 2.97. The van der Waals surface area contributed by atoms with Crippen LogP contribution in [-0.4, -0.2) is 41.8 Å². The molecule has 5 aromatic rings. The fraction of sp³-hybridized carbons (Fsp3) is 0.167. The summed E-state index contributed by atoms with van der Waals surface area (Å²) in [4.78, 5) is 42.1. The molecule has 0 radical (unpaired) electrons. The summed E-state index contributed by atoms with van der Waals surface area (Å²) in [5.41, 5.74) is 1.39. The van der Waals surface area contributed by atoms with E-state index >= 15 is 0 Å². The summed E-state index contributed by atoms with van der Waals surface area (Å²) in [5.74, 6) is -0.534. The Kier molecular flexibility index (Phi) is 7.87. The number of phenols is 1. The first-order valence-electron chi connectivity index (χ1n) is 12.8. The van der Waals surface area contributed by atoms with Gasteiger partial charge in [-0.05, 0) is 72.6 Å². The first-order chi connectivity index (χ1) is 20.1. The van der Waals surface area contributed by atoms with Crippen LogP contribution in [0.4, 0.5) is 13.2 Å². The number of pyridine rings is 2. The Hall–Kier alpha value is -5.26. The number of nitrogens with zero attached hydrogens (tertiary/aromatic N) is 5. The van der Waals surface area contributed by atoms with Crippen molar-refractivity contribution in [1.29, 1.82) is 0 Å². The van der Waals surface area contributed by atoms with E-state index in [1.54, 1.807) is 55.7 Å². The zero-order valence-corrected chi connectivity index (χ0v) is 22.2. The molecular weight excluding hydrogens is 551 g/mol. The van der Waals surface area contributed by atoms with Crippen molar-refractivity contribution < 1.29 is 27.8 Å². The predicted octanol–water partition coefficient (Wildman–Crippen LogP) is 5.11. The van der Waals surface area contributed by atoms with Crippen LogP contribution < -0.4 is 10.3 Å². The molecule has 0 saturated carbocycles. The summed E-state index contributed by atoms with van der Waals surface area (Å²) in [7, 11) is 0. The van der Waals surface area contributed by atoms with E-state index < -0.39 is 23.7 Å². The van der Waals surface area contributed by atoms with E-state index in [1.807, 2.05) is 0 Å². The van der Waals surface area contributed by atoms with Gasteiger partial charge in [0.15, 0.2) is 5.65 Å². The molecule has 2 aromatic carbocycles. The van der Waals surface area contributed by atoms with Gasteiger partial charge in [0.2, 0.25) is 5.91 Å². The summed E-state index contributed by atoms with van der Waals surface area (Å²) < 4.78 is 43.0. The Morgan fingerprint density at radius 3 is 2.38 bits per heavy atom. The summed E-state index contributed by atoms with van der Waals surface area (Å²) in [5, 5.41) is 10.1. The first-order valence-corrected chi connectivity index (χ1v) is 12.8. The van der Waals surface area contributed by atoms with Crippen molar-refractivity contribution in [2.45, 2.75) is 32.3 Å². The van der Waals surface area contributed by atoms with E-state index in [0.717, 1.165) is 12.1 Å². The van der Waals surface area contributed by atoms with Gasteiger partial charge in [0.25, 0.3) is 5.56 Å². The molecule has 12 heteroatoms. The van der Waals surface area contributed by atoms with Crippen LogP contribution in [0.2, 0.25) is 0 Å². The molecule has 3 heterocycles. The molecule has 1 atom stereocenters. The second-order valence-electron chi connectivity index (χ2n) is 9.43. The largest absolute Gasteiger partial charge is 0.573 e. The highest BCUT2D eigenvalue weighted by Gasteiger charge is 2.31. The van der Waals surface area contributed by atoms with E-state index in [2.05, 4.69) is 19.7 Å². The van der Waals surface area contributed by atoms with Crippen LogP contribution in [-0.2, 0) is 17.8 Å². The van der Waals surface area contributed by atoms with E-state index in [9.17, 15) is 27.9 Å². The maximum absolute atomic E-state index is 13.8. The Labute approximate surface area is 237 Å². The van der Waals surface area contributed by atoms with Gasteiger partial charge in [0.05, 0.1) is 23.5 Å². The third-order valence-corrected chi connectivity index (χ3v) is 6.53. The highest BCUT2D eigenvalue weighted by atomic mass is 19.4. The number of alkyl halides is 3. The Balaban J connectivity index is 1.56. The Morgan fingerprint density at radius 2 is 1.71 bits per heavy atom. The van der Waals surface area contributed by atoms with Crippen molar-refractivity contribution in [3.05, 3.63) is 119 Å². The molecule has 0 fully saturated rings. The third kappa shape index (κ3) is 6.38. The number of carbonyl (C=O) groups is 1.